The summed E-state index contributed by atoms with van der Waals surface area (Å²) in [4.78, 5) is 10.4. The second-order valence-electron chi connectivity index (χ2n) is 3.82. The minimum absolute atomic E-state index is 0.376. The van der Waals surface area contributed by atoms with Crippen LogP contribution in [0.3, 0.4) is 0 Å². The summed E-state index contributed by atoms with van der Waals surface area (Å²) >= 11 is 11.8. The Hall–Kier alpha value is -0.800. The summed E-state index contributed by atoms with van der Waals surface area (Å²) in [5.74, 6) is 0. The summed E-state index contributed by atoms with van der Waals surface area (Å²) in [6, 6.07) is 6.74. The fraction of sp³-hybridized carbons (Fsp3) is 0.400. The highest BCUT2D eigenvalue weighted by atomic mass is 35.5. The molecule has 0 spiro atoms. The highest BCUT2D eigenvalue weighted by Crippen LogP contribution is 2.34. The third kappa shape index (κ3) is 2.61. The van der Waals surface area contributed by atoms with E-state index in [4.69, 9.17) is 23.2 Å². The van der Waals surface area contributed by atoms with Crippen molar-refractivity contribution in [1.82, 2.24) is 0 Å². The molecule has 1 aromatic carbocycles. The van der Waals surface area contributed by atoms with Gasteiger partial charge in [0, 0.05) is 23.8 Å². The van der Waals surface area contributed by atoms with Gasteiger partial charge in [0.2, 0.25) is 5.54 Å². The van der Waals surface area contributed by atoms with Gasteiger partial charge in [-0.1, -0.05) is 23.7 Å². The van der Waals surface area contributed by atoms with E-state index in [1.165, 1.54) is 13.8 Å². The van der Waals surface area contributed by atoms with Gasteiger partial charge in [-0.05, 0) is 17.7 Å². The normalized spacial score (nSPS) is 13.6. The summed E-state index contributed by atoms with van der Waals surface area (Å²) in [6.45, 7) is 3.00. The Labute approximate surface area is 98.2 Å². The molecule has 0 fully saturated rings. The molecule has 1 rings (SSSR count). The van der Waals surface area contributed by atoms with Crippen molar-refractivity contribution in [3.8, 4) is 0 Å². The van der Waals surface area contributed by atoms with Crippen LogP contribution in [-0.4, -0.2) is 10.5 Å². The monoisotopic (exact) mass is 247 g/mol. The molecule has 82 valence electrons. The van der Waals surface area contributed by atoms with E-state index in [-0.39, 0.29) is 4.92 Å². The lowest BCUT2D eigenvalue weighted by Crippen LogP contribution is -2.35. The molecule has 5 heteroatoms. The van der Waals surface area contributed by atoms with E-state index in [1.54, 1.807) is 24.3 Å². The molecule has 3 nitrogen and oxygen atoms in total. The Morgan fingerprint density at radius 3 is 2.20 bits per heavy atom. The lowest BCUT2D eigenvalue weighted by Gasteiger charge is -2.21. The predicted molar refractivity (Wildman–Crippen MR) is 61.1 cm³/mol. The van der Waals surface area contributed by atoms with Crippen LogP contribution in [0.2, 0.25) is 5.02 Å². The Morgan fingerprint density at radius 1 is 1.33 bits per heavy atom. The average Bonchev–Trinajstić information content (AvgIpc) is 2.17. The van der Waals surface area contributed by atoms with E-state index >= 15 is 0 Å². The minimum atomic E-state index is -1.20. The molecule has 0 aromatic heterocycles. The van der Waals surface area contributed by atoms with Crippen LogP contribution in [0.1, 0.15) is 24.8 Å². The minimum Gasteiger partial charge on any atom is -0.264 e. The number of hydrogen-bond acceptors (Lipinski definition) is 2. The van der Waals surface area contributed by atoms with Crippen LogP contribution >= 0.6 is 23.2 Å². The van der Waals surface area contributed by atoms with Crippen molar-refractivity contribution in [2.24, 2.45) is 0 Å². The lowest BCUT2D eigenvalue weighted by atomic mass is 9.95. The van der Waals surface area contributed by atoms with E-state index in [9.17, 15) is 10.1 Å². The Bertz CT molecular complexity index is 362. The number of nitro groups is 1. The van der Waals surface area contributed by atoms with Crippen LogP contribution in [0.5, 0.6) is 0 Å². The molecule has 1 aromatic rings. The maximum Gasteiger partial charge on any atom is 0.236 e. The van der Waals surface area contributed by atoms with Crippen molar-refractivity contribution in [3.63, 3.8) is 0 Å². The number of nitrogens with zero attached hydrogens (tertiary/aromatic N) is 1. The molecule has 0 radical (unpaired) electrons. The van der Waals surface area contributed by atoms with E-state index in [0.29, 0.717) is 10.6 Å². The van der Waals surface area contributed by atoms with Gasteiger partial charge in [0.05, 0.1) is 0 Å². The van der Waals surface area contributed by atoms with Crippen LogP contribution < -0.4 is 0 Å². The summed E-state index contributed by atoms with van der Waals surface area (Å²) in [7, 11) is 0. The molecule has 0 amide bonds. The first-order valence-corrected chi connectivity index (χ1v) is 5.21. The standard InChI is InChI=1S/C10H11Cl2NO2/c1-10(2,13(14)15)9(12)7-3-5-8(11)6-4-7/h3-6,9H,1-2H3. The molecule has 0 bridgehead atoms. The maximum absolute atomic E-state index is 10.8. The van der Waals surface area contributed by atoms with Crippen molar-refractivity contribution in [2.75, 3.05) is 0 Å². The van der Waals surface area contributed by atoms with Crippen molar-refractivity contribution >= 4 is 23.2 Å². The third-order valence-corrected chi connectivity index (χ3v) is 3.29. The first-order valence-electron chi connectivity index (χ1n) is 4.39. The van der Waals surface area contributed by atoms with Crippen molar-refractivity contribution in [3.05, 3.63) is 45.0 Å². The average molecular weight is 248 g/mol. The summed E-state index contributed by atoms with van der Waals surface area (Å²) in [5, 5.41) is 10.7. The smallest absolute Gasteiger partial charge is 0.236 e. The predicted octanol–water partition coefficient (Wildman–Crippen LogP) is 3.68. The van der Waals surface area contributed by atoms with Crippen LogP contribution in [-0.2, 0) is 0 Å². The number of hydrogen-bond donors (Lipinski definition) is 0. The van der Waals surface area contributed by atoms with Crippen LogP contribution in [0.15, 0.2) is 24.3 Å². The molecule has 0 aliphatic carbocycles. The van der Waals surface area contributed by atoms with E-state index in [2.05, 4.69) is 0 Å². The molecular weight excluding hydrogens is 237 g/mol. The molecule has 0 aliphatic rings. The quantitative estimate of drug-likeness (QED) is 0.465. The highest BCUT2D eigenvalue weighted by molar-refractivity contribution is 6.30. The van der Waals surface area contributed by atoms with Gasteiger partial charge >= 0.3 is 0 Å². The van der Waals surface area contributed by atoms with Crippen molar-refractivity contribution in [1.29, 1.82) is 0 Å². The SMILES string of the molecule is CC(C)(C(Cl)c1ccc(Cl)cc1)[N+](=O)[O-]. The molecule has 0 aliphatic heterocycles. The van der Waals surface area contributed by atoms with E-state index in [0.717, 1.165) is 0 Å². The fourth-order valence-corrected chi connectivity index (χ4v) is 1.48. The molecule has 15 heavy (non-hydrogen) atoms. The van der Waals surface area contributed by atoms with Gasteiger partial charge in [0.25, 0.3) is 0 Å². The van der Waals surface area contributed by atoms with Crippen molar-refractivity contribution < 1.29 is 4.92 Å². The van der Waals surface area contributed by atoms with Crippen LogP contribution in [0.4, 0.5) is 0 Å². The fourth-order valence-electron chi connectivity index (χ4n) is 1.13. The Morgan fingerprint density at radius 2 is 1.80 bits per heavy atom. The largest absolute Gasteiger partial charge is 0.264 e. The van der Waals surface area contributed by atoms with Gasteiger partial charge in [-0.15, -0.1) is 11.6 Å². The number of benzene rings is 1. The Balaban J connectivity index is 2.99. The van der Waals surface area contributed by atoms with Crippen LogP contribution in [0.25, 0.3) is 0 Å². The zero-order chi connectivity index (χ0) is 11.6. The molecule has 1 atom stereocenters. The second kappa shape index (κ2) is 4.37. The number of rotatable bonds is 3. The van der Waals surface area contributed by atoms with Gasteiger partial charge in [-0.3, -0.25) is 10.1 Å². The van der Waals surface area contributed by atoms with Gasteiger partial charge in [-0.25, -0.2) is 0 Å². The maximum atomic E-state index is 10.8. The highest BCUT2D eigenvalue weighted by Gasteiger charge is 2.40. The second-order valence-corrected chi connectivity index (χ2v) is 4.70. The van der Waals surface area contributed by atoms with Crippen LogP contribution in [0, 0.1) is 10.1 Å². The van der Waals surface area contributed by atoms with Gasteiger partial charge in [-0.2, -0.15) is 0 Å². The van der Waals surface area contributed by atoms with Crippen molar-refractivity contribution in [2.45, 2.75) is 24.8 Å². The molecule has 0 saturated heterocycles. The summed E-state index contributed by atoms with van der Waals surface area (Å²) < 4.78 is 0. The number of alkyl halides is 1. The zero-order valence-corrected chi connectivity index (χ0v) is 9.92. The third-order valence-electron chi connectivity index (χ3n) is 2.25. The molecular formula is C10H11Cl2NO2. The van der Waals surface area contributed by atoms with E-state index in [1.807, 2.05) is 0 Å². The van der Waals surface area contributed by atoms with E-state index < -0.39 is 10.9 Å². The zero-order valence-electron chi connectivity index (χ0n) is 8.41. The molecule has 0 N–H and O–H groups in total. The number of halogens is 2. The molecule has 0 saturated carbocycles. The summed E-state index contributed by atoms with van der Waals surface area (Å²) in [6.07, 6.45) is 0. The lowest BCUT2D eigenvalue weighted by molar-refractivity contribution is -0.561. The molecule has 1 unspecified atom stereocenters. The first kappa shape index (κ1) is 12.3. The Kier molecular flexibility index (Phi) is 3.58. The first-order chi connectivity index (χ1) is 6.85. The van der Waals surface area contributed by atoms with Gasteiger partial charge < -0.3 is 0 Å². The molecule has 0 heterocycles. The topological polar surface area (TPSA) is 43.1 Å². The summed E-state index contributed by atoms with van der Waals surface area (Å²) in [5.41, 5.74) is -0.502. The van der Waals surface area contributed by atoms with Gasteiger partial charge in [0.1, 0.15) is 5.38 Å². The van der Waals surface area contributed by atoms with Gasteiger partial charge in [0.15, 0.2) is 0 Å².